The highest BCUT2D eigenvalue weighted by molar-refractivity contribution is 9.10. The summed E-state index contributed by atoms with van der Waals surface area (Å²) < 4.78 is 12.0. The van der Waals surface area contributed by atoms with Crippen molar-refractivity contribution in [3.05, 3.63) is 81.8 Å². The molecule has 2 N–H and O–H groups in total. The zero-order valence-electron chi connectivity index (χ0n) is 22.1. The normalized spacial score (nSPS) is 10.7. The van der Waals surface area contributed by atoms with Crippen LogP contribution in [-0.2, 0) is 19.1 Å². The first kappa shape index (κ1) is 28.9. The highest BCUT2D eigenvalue weighted by atomic mass is 79.9. The Bertz CT molecular complexity index is 1290. The third-order valence-corrected chi connectivity index (χ3v) is 6.26. The van der Waals surface area contributed by atoms with Gasteiger partial charge in [-0.15, -0.1) is 0 Å². The predicted molar refractivity (Wildman–Crippen MR) is 153 cm³/mol. The van der Waals surface area contributed by atoms with Crippen LogP contribution >= 0.6 is 15.9 Å². The molecule has 38 heavy (non-hydrogen) atoms. The molecule has 0 aromatic heterocycles. The molecule has 200 valence electrons. The third kappa shape index (κ3) is 9.03. The fourth-order valence-corrected chi connectivity index (χ4v) is 4.20. The minimum Gasteiger partial charge on any atom is -0.457 e. The molecule has 7 nitrogen and oxygen atoms in total. The number of carbonyl (C=O) groups is 3. The van der Waals surface area contributed by atoms with Gasteiger partial charge in [0.15, 0.2) is 6.61 Å². The molecule has 3 rings (SSSR count). The average Bonchev–Trinajstić information content (AvgIpc) is 2.85. The van der Waals surface area contributed by atoms with Gasteiger partial charge >= 0.3 is 5.97 Å². The van der Waals surface area contributed by atoms with Crippen LogP contribution in [0.25, 0.3) is 0 Å². The van der Waals surface area contributed by atoms with Crippen LogP contribution in [0.5, 0.6) is 11.5 Å². The minimum atomic E-state index is -0.529. The first-order valence-electron chi connectivity index (χ1n) is 12.5. The molecule has 8 heteroatoms. The maximum atomic E-state index is 12.3. The molecule has 0 unspecified atom stereocenters. The number of hydrogen-bond acceptors (Lipinski definition) is 5. The van der Waals surface area contributed by atoms with Crippen LogP contribution in [0, 0.1) is 13.8 Å². The Balaban J connectivity index is 1.38. The van der Waals surface area contributed by atoms with Gasteiger partial charge in [-0.25, -0.2) is 0 Å². The van der Waals surface area contributed by atoms with E-state index in [0.29, 0.717) is 29.5 Å². The summed E-state index contributed by atoms with van der Waals surface area (Å²) in [6, 6.07) is 18.8. The molecule has 0 heterocycles. The minimum absolute atomic E-state index is 0.0411. The van der Waals surface area contributed by atoms with Crippen molar-refractivity contribution in [2.75, 3.05) is 17.2 Å². The largest absolute Gasteiger partial charge is 0.457 e. The lowest BCUT2D eigenvalue weighted by molar-refractivity contribution is -0.147. The van der Waals surface area contributed by atoms with E-state index in [1.807, 2.05) is 32.0 Å². The molecule has 0 aliphatic carbocycles. The standard InChI is InChI=1S/C30H33BrN2O5/c1-19(2)25-14-8-20(3)16-27(25)38-24-12-10-23(11-13-24)32-28(34)6-5-7-30(36)37-18-29(35)33-26-15-9-22(31)17-21(26)4/h8-17,19H,5-7,18H2,1-4H3,(H,32,34)(H,33,35). The van der Waals surface area contributed by atoms with E-state index in [0.717, 1.165) is 26.9 Å². The molecule has 0 radical (unpaired) electrons. The Morgan fingerprint density at radius 1 is 0.868 bits per heavy atom. The summed E-state index contributed by atoms with van der Waals surface area (Å²) in [6.45, 7) is 7.76. The number of aryl methyl sites for hydroxylation is 2. The number of halogens is 1. The molecule has 0 spiro atoms. The lowest BCUT2D eigenvalue weighted by atomic mass is 10.0. The van der Waals surface area contributed by atoms with Crippen molar-refractivity contribution in [1.29, 1.82) is 0 Å². The van der Waals surface area contributed by atoms with E-state index in [1.165, 1.54) is 0 Å². The van der Waals surface area contributed by atoms with Crippen molar-refractivity contribution < 1.29 is 23.9 Å². The molecular weight excluding hydrogens is 548 g/mol. The van der Waals surface area contributed by atoms with Gasteiger partial charge in [-0.2, -0.15) is 0 Å². The zero-order valence-corrected chi connectivity index (χ0v) is 23.7. The van der Waals surface area contributed by atoms with Gasteiger partial charge in [0.2, 0.25) is 5.91 Å². The highest BCUT2D eigenvalue weighted by Gasteiger charge is 2.12. The van der Waals surface area contributed by atoms with Gasteiger partial charge in [-0.05, 0) is 91.4 Å². The highest BCUT2D eigenvalue weighted by Crippen LogP contribution is 2.32. The first-order chi connectivity index (χ1) is 18.1. The quantitative estimate of drug-likeness (QED) is 0.232. The van der Waals surface area contributed by atoms with Crippen molar-refractivity contribution in [2.45, 2.75) is 52.9 Å². The van der Waals surface area contributed by atoms with Crippen molar-refractivity contribution >= 4 is 45.1 Å². The molecule has 0 aliphatic rings. The van der Waals surface area contributed by atoms with E-state index in [2.05, 4.69) is 52.5 Å². The Kier molecular flexibility index (Phi) is 10.5. The SMILES string of the molecule is Cc1ccc(C(C)C)c(Oc2ccc(NC(=O)CCCC(=O)OCC(=O)Nc3ccc(Br)cc3C)cc2)c1. The number of anilines is 2. The number of carbonyl (C=O) groups excluding carboxylic acids is 3. The average molecular weight is 582 g/mol. The van der Waals surface area contributed by atoms with Gasteiger partial charge in [0.25, 0.3) is 5.91 Å². The lowest BCUT2D eigenvalue weighted by Gasteiger charge is -2.15. The van der Waals surface area contributed by atoms with Gasteiger partial charge in [0.05, 0.1) is 0 Å². The maximum absolute atomic E-state index is 12.3. The van der Waals surface area contributed by atoms with E-state index in [4.69, 9.17) is 9.47 Å². The number of rotatable bonds is 11. The zero-order chi connectivity index (χ0) is 27.7. The topological polar surface area (TPSA) is 93.7 Å². The van der Waals surface area contributed by atoms with Crippen LogP contribution in [0.15, 0.2) is 65.1 Å². The summed E-state index contributed by atoms with van der Waals surface area (Å²) in [5.41, 5.74) is 4.43. The second-order valence-electron chi connectivity index (χ2n) is 9.39. The second kappa shape index (κ2) is 13.8. The molecule has 0 bridgehead atoms. The number of ether oxygens (including phenoxy) is 2. The molecular formula is C30H33BrN2O5. The summed E-state index contributed by atoms with van der Waals surface area (Å²) >= 11 is 3.37. The Labute approximate surface area is 232 Å². The van der Waals surface area contributed by atoms with Crippen molar-refractivity contribution in [3.63, 3.8) is 0 Å². The van der Waals surface area contributed by atoms with Gasteiger partial charge < -0.3 is 20.1 Å². The first-order valence-corrected chi connectivity index (χ1v) is 13.3. The Morgan fingerprint density at radius 2 is 1.61 bits per heavy atom. The van der Waals surface area contributed by atoms with Crippen LogP contribution < -0.4 is 15.4 Å². The van der Waals surface area contributed by atoms with Gasteiger partial charge in [-0.1, -0.05) is 41.9 Å². The molecule has 0 fully saturated rings. The fourth-order valence-electron chi connectivity index (χ4n) is 3.73. The Morgan fingerprint density at radius 3 is 2.29 bits per heavy atom. The summed E-state index contributed by atoms with van der Waals surface area (Å²) in [6.07, 6.45) is 0.503. The predicted octanol–water partition coefficient (Wildman–Crippen LogP) is 7.27. The van der Waals surface area contributed by atoms with Gasteiger partial charge in [0, 0.05) is 28.7 Å². The van der Waals surface area contributed by atoms with E-state index in [-0.39, 0.29) is 25.4 Å². The third-order valence-electron chi connectivity index (χ3n) is 5.77. The van der Waals surface area contributed by atoms with E-state index < -0.39 is 11.9 Å². The van der Waals surface area contributed by atoms with Crippen molar-refractivity contribution in [2.24, 2.45) is 0 Å². The van der Waals surface area contributed by atoms with Crippen LogP contribution in [0.3, 0.4) is 0 Å². The summed E-state index contributed by atoms with van der Waals surface area (Å²) in [4.78, 5) is 36.3. The number of nitrogens with one attached hydrogen (secondary N) is 2. The molecule has 3 aromatic rings. The number of amides is 2. The summed E-state index contributed by atoms with van der Waals surface area (Å²) in [5.74, 6) is 0.675. The maximum Gasteiger partial charge on any atom is 0.306 e. The fraction of sp³-hybridized carbons (Fsp3) is 0.300. The molecule has 0 aliphatic heterocycles. The summed E-state index contributed by atoms with van der Waals surface area (Å²) in [5, 5.41) is 5.53. The second-order valence-corrected chi connectivity index (χ2v) is 10.3. The molecule has 3 aromatic carbocycles. The van der Waals surface area contributed by atoms with Crippen LogP contribution in [-0.4, -0.2) is 24.4 Å². The van der Waals surface area contributed by atoms with Crippen molar-refractivity contribution in [1.82, 2.24) is 0 Å². The van der Waals surface area contributed by atoms with Crippen molar-refractivity contribution in [3.8, 4) is 11.5 Å². The molecule has 0 saturated carbocycles. The smallest absolute Gasteiger partial charge is 0.306 e. The lowest BCUT2D eigenvalue weighted by Crippen LogP contribution is -2.21. The van der Waals surface area contributed by atoms with E-state index in [1.54, 1.807) is 30.3 Å². The van der Waals surface area contributed by atoms with Crippen LogP contribution in [0.4, 0.5) is 11.4 Å². The monoisotopic (exact) mass is 580 g/mol. The van der Waals surface area contributed by atoms with Crippen LogP contribution in [0.1, 0.15) is 55.7 Å². The number of benzene rings is 3. The Hall–Kier alpha value is -3.65. The van der Waals surface area contributed by atoms with Gasteiger partial charge in [0.1, 0.15) is 11.5 Å². The molecule has 2 amide bonds. The van der Waals surface area contributed by atoms with Gasteiger partial charge in [-0.3, -0.25) is 14.4 Å². The molecule has 0 atom stereocenters. The van der Waals surface area contributed by atoms with Crippen LogP contribution in [0.2, 0.25) is 0 Å². The number of hydrogen-bond donors (Lipinski definition) is 2. The summed E-state index contributed by atoms with van der Waals surface area (Å²) in [7, 11) is 0. The molecule has 0 saturated heterocycles. The van der Waals surface area contributed by atoms with E-state index in [9.17, 15) is 14.4 Å². The number of esters is 1. The van der Waals surface area contributed by atoms with E-state index >= 15 is 0 Å².